The fraction of sp³-hybridized carbons (Fsp3) is 0.0741. The molecule has 4 rings (SSSR count). The molecule has 3 heterocycles. The molecule has 0 spiro atoms. The fourth-order valence-electron chi connectivity index (χ4n) is 3.56. The minimum atomic E-state index is -0.498. The number of hydrogen-bond donors (Lipinski definition) is 2. The second-order valence-corrected chi connectivity index (χ2v) is 7.81. The highest BCUT2D eigenvalue weighted by Gasteiger charge is 2.18. The summed E-state index contributed by atoms with van der Waals surface area (Å²) in [6.45, 7) is 4.36. The van der Waals surface area contributed by atoms with Crippen LogP contribution in [0, 0.1) is 17.1 Å². The summed E-state index contributed by atoms with van der Waals surface area (Å²) < 4.78 is 13.9. The number of hydrogen-bond acceptors (Lipinski definition) is 4. The van der Waals surface area contributed by atoms with Gasteiger partial charge in [0.15, 0.2) is 0 Å². The maximum Gasteiger partial charge on any atom is 0.141 e. The summed E-state index contributed by atoms with van der Waals surface area (Å²) in [6, 6.07) is 13.9. The molecule has 0 bridgehead atoms. The van der Waals surface area contributed by atoms with Crippen molar-refractivity contribution in [2.24, 2.45) is 0 Å². The van der Waals surface area contributed by atoms with Crippen molar-refractivity contribution in [3.05, 3.63) is 102 Å². The Kier molecular flexibility index (Phi) is 7.16. The van der Waals surface area contributed by atoms with E-state index in [1.807, 2.05) is 36.4 Å². The predicted octanol–water partition coefficient (Wildman–Crippen LogP) is 7.06. The van der Waals surface area contributed by atoms with Crippen LogP contribution in [-0.4, -0.2) is 21.5 Å². The van der Waals surface area contributed by atoms with Crippen molar-refractivity contribution in [1.82, 2.24) is 15.0 Å². The molecule has 168 valence electrons. The molecule has 0 fully saturated rings. The first-order valence-corrected chi connectivity index (χ1v) is 11.0. The lowest BCUT2D eigenvalue weighted by Crippen LogP contribution is -2.02. The van der Waals surface area contributed by atoms with Crippen LogP contribution in [0.1, 0.15) is 12.1 Å². The number of aromatic amines is 1. The van der Waals surface area contributed by atoms with E-state index in [-0.39, 0.29) is 5.02 Å². The molecule has 1 aromatic carbocycles. The van der Waals surface area contributed by atoms with Crippen molar-refractivity contribution in [2.75, 3.05) is 11.9 Å². The fourth-order valence-corrected chi connectivity index (χ4v) is 3.74. The van der Waals surface area contributed by atoms with Crippen LogP contribution in [0.4, 0.5) is 10.2 Å². The summed E-state index contributed by atoms with van der Waals surface area (Å²) in [5.41, 5.74) is 4.74. The van der Waals surface area contributed by atoms with E-state index >= 15 is 0 Å². The van der Waals surface area contributed by atoms with Crippen LogP contribution in [0.15, 0.2) is 85.6 Å². The SMILES string of the molecule is C=C/C=C\C=C/CCNc1cc(-c2[nH]c3ccc(C#N)nc3c2-c2ccc(F)c(Cl)c2)ccn1. The Hall–Kier alpha value is -4.21. The number of benzene rings is 1. The van der Waals surface area contributed by atoms with Gasteiger partial charge in [-0.1, -0.05) is 54.6 Å². The topological polar surface area (TPSA) is 77.4 Å². The molecule has 0 amide bonds. The molecule has 7 heteroatoms. The first kappa shape index (κ1) is 23.0. The second-order valence-electron chi connectivity index (χ2n) is 7.40. The highest BCUT2D eigenvalue weighted by atomic mass is 35.5. The van der Waals surface area contributed by atoms with Gasteiger partial charge in [-0.05, 0) is 48.4 Å². The monoisotopic (exact) mass is 469 g/mol. The molecule has 0 atom stereocenters. The highest BCUT2D eigenvalue weighted by molar-refractivity contribution is 6.31. The van der Waals surface area contributed by atoms with E-state index in [4.69, 9.17) is 11.6 Å². The van der Waals surface area contributed by atoms with Gasteiger partial charge in [0.1, 0.15) is 23.4 Å². The van der Waals surface area contributed by atoms with Gasteiger partial charge in [-0.25, -0.2) is 14.4 Å². The third-order valence-electron chi connectivity index (χ3n) is 5.12. The summed E-state index contributed by atoms with van der Waals surface area (Å²) in [6.07, 6.45) is 12.1. The van der Waals surface area contributed by atoms with Crippen LogP contribution in [0.5, 0.6) is 0 Å². The highest BCUT2D eigenvalue weighted by Crippen LogP contribution is 2.39. The van der Waals surface area contributed by atoms with Gasteiger partial charge in [0, 0.05) is 23.9 Å². The number of rotatable bonds is 8. The van der Waals surface area contributed by atoms with Crippen LogP contribution >= 0.6 is 11.6 Å². The quantitative estimate of drug-likeness (QED) is 0.214. The number of H-pyrrole nitrogens is 1. The Morgan fingerprint density at radius 2 is 2.00 bits per heavy atom. The number of nitrogens with zero attached hydrogens (tertiary/aromatic N) is 3. The lowest BCUT2D eigenvalue weighted by molar-refractivity contribution is 0.628. The van der Waals surface area contributed by atoms with Crippen LogP contribution < -0.4 is 5.32 Å². The molecule has 2 N–H and O–H groups in total. The smallest absolute Gasteiger partial charge is 0.141 e. The van der Waals surface area contributed by atoms with Crippen molar-refractivity contribution in [1.29, 1.82) is 5.26 Å². The molecule has 0 unspecified atom stereocenters. The van der Waals surface area contributed by atoms with Gasteiger partial charge in [0.05, 0.1) is 21.7 Å². The molecule has 3 aromatic heterocycles. The zero-order valence-corrected chi connectivity index (χ0v) is 19.0. The molecule has 4 aromatic rings. The normalized spacial score (nSPS) is 11.3. The molecular formula is C27H21ClFN5. The number of allylic oxidation sites excluding steroid dienone is 4. The standard InChI is InChI=1S/C27H21ClFN5/c1-2-3-4-5-6-7-13-31-24-16-19(12-14-32-24)26-25(18-8-10-22(29)21(28)15-18)27-23(34-26)11-9-20(17-30)33-27/h2-6,8-12,14-16,34H,1,7,13H2,(H,31,32)/b4-3-,6-5-. The van der Waals surface area contributed by atoms with E-state index in [9.17, 15) is 9.65 Å². The summed E-state index contributed by atoms with van der Waals surface area (Å²) in [5, 5.41) is 12.7. The van der Waals surface area contributed by atoms with E-state index in [0.717, 1.165) is 41.1 Å². The summed E-state index contributed by atoms with van der Waals surface area (Å²) in [7, 11) is 0. The third kappa shape index (κ3) is 5.06. The molecule has 0 saturated carbocycles. The Bertz CT molecular complexity index is 1450. The molecule has 0 saturated heterocycles. The molecular weight excluding hydrogens is 449 g/mol. The minimum absolute atomic E-state index is 0.0160. The number of aromatic nitrogens is 3. The van der Waals surface area contributed by atoms with Crippen LogP contribution in [-0.2, 0) is 0 Å². The van der Waals surface area contributed by atoms with Gasteiger partial charge >= 0.3 is 0 Å². The van der Waals surface area contributed by atoms with Gasteiger partial charge < -0.3 is 10.3 Å². The molecule has 0 aliphatic rings. The van der Waals surface area contributed by atoms with E-state index in [0.29, 0.717) is 16.8 Å². The number of nitrogens with one attached hydrogen (secondary N) is 2. The maximum absolute atomic E-state index is 13.9. The van der Waals surface area contributed by atoms with Crippen molar-refractivity contribution in [3.63, 3.8) is 0 Å². The van der Waals surface area contributed by atoms with Gasteiger partial charge in [-0.15, -0.1) is 0 Å². The average molecular weight is 470 g/mol. The van der Waals surface area contributed by atoms with E-state index in [1.165, 1.54) is 6.07 Å². The predicted molar refractivity (Wildman–Crippen MR) is 136 cm³/mol. The van der Waals surface area contributed by atoms with E-state index in [1.54, 1.807) is 30.5 Å². The van der Waals surface area contributed by atoms with Gasteiger partial charge in [0.25, 0.3) is 0 Å². The van der Waals surface area contributed by atoms with Crippen molar-refractivity contribution in [3.8, 4) is 28.5 Å². The van der Waals surface area contributed by atoms with Gasteiger partial charge in [-0.3, -0.25) is 0 Å². The van der Waals surface area contributed by atoms with Gasteiger partial charge in [-0.2, -0.15) is 5.26 Å². The molecule has 0 aliphatic heterocycles. The number of fused-ring (bicyclic) bond motifs is 1. The van der Waals surface area contributed by atoms with Crippen LogP contribution in [0.25, 0.3) is 33.4 Å². The van der Waals surface area contributed by atoms with Crippen molar-refractivity contribution in [2.45, 2.75) is 6.42 Å². The second kappa shape index (κ2) is 10.6. The first-order chi connectivity index (χ1) is 16.6. The number of anilines is 1. The summed E-state index contributed by atoms with van der Waals surface area (Å²) >= 11 is 6.08. The van der Waals surface area contributed by atoms with Crippen LogP contribution in [0.3, 0.4) is 0 Å². The number of nitriles is 1. The van der Waals surface area contributed by atoms with Gasteiger partial charge in [0.2, 0.25) is 0 Å². The van der Waals surface area contributed by atoms with Crippen LogP contribution in [0.2, 0.25) is 5.02 Å². The molecule has 0 radical (unpaired) electrons. The number of pyridine rings is 2. The maximum atomic E-state index is 13.9. The minimum Gasteiger partial charge on any atom is -0.370 e. The lowest BCUT2D eigenvalue weighted by atomic mass is 10.0. The Balaban J connectivity index is 1.71. The largest absolute Gasteiger partial charge is 0.370 e. The molecule has 34 heavy (non-hydrogen) atoms. The van der Waals surface area contributed by atoms with E-state index in [2.05, 4.69) is 39.0 Å². The zero-order valence-electron chi connectivity index (χ0n) is 18.2. The van der Waals surface area contributed by atoms with Crippen molar-refractivity contribution < 1.29 is 4.39 Å². The Morgan fingerprint density at radius 3 is 2.79 bits per heavy atom. The summed E-state index contributed by atoms with van der Waals surface area (Å²) in [4.78, 5) is 12.3. The molecule has 0 aliphatic carbocycles. The average Bonchev–Trinajstić information content (AvgIpc) is 3.24. The summed E-state index contributed by atoms with van der Waals surface area (Å²) in [5.74, 6) is 0.224. The van der Waals surface area contributed by atoms with E-state index < -0.39 is 5.82 Å². The van der Waals surface area contributed by atoms with Crippen molar-refractivity contribution >= 4 is 28.5 Å². The number of halogens is 2. The zero-order chi connectivity index (χ0) is 23.9. The first-order valence-electron chi connectivity index (χ1n) is 10.6. The lowest BCUT2D eigenvalue weighted by Gasteiger charge is -2.09. The Morgan fingerprint density at radius 1 is 1.12 bits per heavy atom. The third-order valence-corrected chi connectivity index (χ3v) is 5.41. The molecule has 5 nitrogen and oxygen atoms in total. The Labute approximate surface area is 202 Å².